The molecule has 16 heavy (non-hydrogen) atoms. The van der Waals surface area contributed by atoms with E-state index in [-0.39, 0.29) is 0 Å². The fourth-order valence-electron chi connectivity index (χ4n) is 2.20. The average molecular weight is 219 g/mol. The van der Waals surface area contributed by atoms with Crippen LogP contribution < -0.4 is 0 Å². The van der Waals surface area contributed by atoms with E-state index in [9.17, 15) is 0 Å². The molecule has 0 saturated carbocycles. The van der Waals surface area contributed by atoms with E-state index in [1.165, 1.54) is 37.1 Å². The van der Waals surface area contributed by atoms with Crippen molar-refractivity contribution in [1.29, 1.82) is 0 Å². The summed E-state index contributed by atoms with van der Waals surface area (Å²) in [6.07, 6.45) is 3.63. The Morgan fingerprint density at radius 3 is 1.94 bits per heavy atom. The Morgan fingerprint density at radius 1 is 0.875 bits per heavy atom. The number of benzene rings is 1. The van der Waals surface area contributed by atoms with Crippen molar-refractivity contribution < 1.29 is 0 Å². The normalized spacial score (nSPS) is 11.0. The molecule has 1 aromatic rings. The van der Waals surface area contributed by atoms with Gasteiger partial charge in [-0.15, -0.1) is 0 Å². The minimum Gasteiger partial charge on any atom is -0.299 e. The van der Waals surface area contributed by atoms with E-state index >= 15 is 0 Å². The number of rotatable bonds is 7. The lowest BCUT2D eigenvalue weighted by Gasteiger charge is -2.22. The summed E-state index contributed by atoms with van der Waals surface area (Å²) < 4.78 is 0. The van der Waals surface area contributed by atoms with Gasteiger partial charge in [0.15, 0.2) is 0 Å². The summed E-state index contributed by atoms with van der Waals surface area (Å²) in [5, 5.41) is 0. The first-order chi connectivity index (χ1) is 7.81. The highest BCUT2D eigenvalue weighted by atomic mass is 15.1. The minimum atomic E-state index is 1.12. The Labute approximate surface area is 100 Å². The number of nitrogens with zero attached hydrogens (tertiary/aromatic N) is 1. The van der Waals surface area contributed by atoms with Gasteiger partial charge in [0.1, 0.15) is 0 Å². The van der Waals surface area contributed by atoms with Crippen LogP contribution in [0.5, 0.6) is 0 Å². The van der Waals surface area contributed by atoms with E-state index in [0.717, 1.165) is 13.0 Å². The molecule has 90 valence electrons. The largest absolute Gasteiger partial charge is 0.299 e. The number of hydrogen-bond donors (Lipinski definition) is 0. The molecule has 0 saturated heterocycles. The van der Waals surface area contributed by atoms with Gasteiger partial charge in [-0.2, -0.15) is 0 Å². The molecule has 0 radical (unpaired) electrons. The molecule has 1 aromatic carbocycles. The highest BCUT2D eigenvalue weighted by molar-refractivity contribution is 5.26. The van der Waals surface area contributed by atoms with Gasteiger partial charge in [0.05, 0.1) is 0 Å². The first kappa shape index (κ1) is 13.2. The van der Waals surface area contributed by atoms with Crippen LogP contribution in [0.25, 0.3) is 0 Å². The quantitative estimate of drug-likeness (QED) is 0.673. The molecule has 1 rings (SSSR count). The Morgan fingerprint density at radius 2 is 1.44 bits per heavy atom. The Bertz CT molecular complexity index is 287. The Hall–Kier alpha value is -0.820. The van der Waals surface area contributed by atoms with E-state index in [1.54, 1.807) is 0 Å². The zero-order valence-electron chi connectivity index (χ0n) is 11.0. The molecule has 0 aliphatic heterocycles. The lowest BCUT2D eigenvalue weighted by atomic mass is 10.0. The SMILES string of the molecule is CCCN(CCC)Cc1ccccc1CC. The van der Waals surface area contributed by atoms with Crippen molar-refractivity contribution in [1.82, 2.24) is 4.90 Å². The van der Waals surface area contributed by atoms with Crippen molar-refractivity contribution in [2.24, 2.45) is 0 Å². The average Bonchev–Trinajstić information content (AvgIpc) is 2.30. The molecule has 0 unspecified atom stereocenters. The minimum absolute atomic E-state index is 1.12. The van der Waals surface area contributed by atoms with Crippen LogP contribution in [0.2, 0.25) is 0 Å². The molecule has 0 N–H and O–H groups in total. The van der Waals surface area contributed by atoms with E-state index < -0.39 is 0 Å². The fourth-order valence-corrected chi connectivity index (χ4v) is 2.20. The molecule has 0 aliphatic rings. The predicted molar refractivity (Wildman–Crippen MR) is 71.7 cm³/mol. The van der Waals surface area contributed by atoms with Crippen LogP contribution in [0.15, 0.2) is 24.3 Å². The van der Waals surface area contributed by atoms with Gasteiger partial charge < -0.3 is 0 Å². The third-order valence-corrected chi connectivity index (χ3v) is 2.97. The lowest BCUT2D eigenvalue weighted by Crippen LogP contribution is -2.25. The molecule has 0 bridgehead atoms. The van der Waals surface area contributed by atoms with Crippen LogP contribution in [0, 0.1) is 0 Å². The topological polar surface area (TPSA) is 3.24 Å². The predicted octanol–water partition coefficient (Wildman–Crippen LogP) is 3.87. The van der Waals surface area contributed by atoms with Gasteiger partial charge >= 0.3 is 0 Å². The van der Waals surface area contributed by atoms with E-state index in [4.69, 9.17) is 0 Å². The van der Waals surface area contributed by atoms with Crippen LogP contribution in [-0.4, -0.2) is 18.0 Å². The van der Waals surface area contributed by atoms with Crippen LogP contribution in [0.3, 0.4) is 0 Å². The molecule has 1 heteroatoms. The number of aryl methyl sites for hydroxylation is 1. The summed E-state index contributed by atoms with van der Waals surface area (Å²) >= 11 is 0. The van der Waals surface area contributed by atoms with Crippen LogP contribution in [0.4, 0.5) is 0 Å². The second kappa shape index (κ2) is 7.45. The molecular weight excluding hydrogens is 194 g/mol. The maximum atomic E-state index is 2.56. The molecule has 0 amide bonds. The standard InChI is InChI=1S/C15H25N/c1-4-11-16(12-5-2)13-15-10-8-7-9-14(15)6-3/h7-10H,4-6,11-13H2,1-3H3. The van der Waals surface area contributed by atoms with Crippen molar-refractivity contribution in [3.63, 3.8) is 0 Å². The monoisotopic (exact) mass is 219 g/mol. The highest BCUT2D eigenvalue weighted by Crippen LogP contribution is 2.12. The molecule has 0 fully saturated rings. The summed E-state index contributed by atoms with van der Waals surface area (Å²) in [6, 6.07) is 8.83. The lowest BCUT2D eigenvalue weighted by molar-refractivity contribution is 0.266. The fraction of sp³-hybridized carbons (Fsp3) is 0.600. The highest BCUT2D eigenvalue weighted by Gasteiger charge is 2.06. The molecule has 0 atom stereocenters. The van der Waals surface area contributed by atoms with Crippen molar-refractivity contribution >= 4 is 0 Å². The van der Waals surface area contributed by atoms with Crippen LogP contribution >= 0.6 is 0 Å². The smallest absolute Gasteiger partial charge is 0.0236 e. The van der Waals surface area contributed by atoms with Gasteiger partial charge in [-0.25, -0.2) is 0 Å². The van der Waals surface area contributed by atoms with Gasteiger partial charge in [0, 0.05) is 6.54 Å². The van der Waals surface area contributed by atoms with Crippen molar-refractivity contribution in [3.8, 4) is 0 Å². The molecule has 0 heterocycles. The maximum Gasteiger partial charge on any atom is 0.0236 e. The summed E-state index contributed by atoms with van der Waals surface area (Å²) in [6.45, 7) is 10.3. The summed E-state index contributed by atoms with van der Waals surface area (Å²) in [4.78, 5) is 2.56. The second-order valence-electron chi connectivity index (χ2n) is 4.40. The zero-order chi connectivity index (χ0) is 11.8. The van der Waals surface area contributed by atoms with Crippen molar-refractivity contribution in [3.05, 3.63) is 35.4 Å². The number of hydrogen-bond acceptors (Lipinski definition) is 1. The first-order valence-electron chi connectivity index (χ1n) is 6.60. The van der Waals surface area contributed by atoms with Crippen LogP contribution in [-0.2, 0) is 13.0 Å². The third kappa shape index (κ3) is 3.97. The summed E-state index contributed by atoms with van der Waals surface area (Å²) in [5.74, 6) is 0. The van der Waals surface area contributed by atoms with Gasteiger partial charge in [0.25, 0.3) is 0 Å². The van der Waals surface area contributed by atoms with E-state index in [1.807, 2.05) is 0 Å². The molecule has 0 aromatic heterocycles. The molecule has 0 spiro atoms. The van der Waals surface area contributed by atoms with Gasteiger partial charge in [-0.05, 0) is 43.5 Å². The third-order valence-electron chi connectivity index (χ3n) is 2.97. The van der Waals surface area contributed by atoms with Gasteiger partial charge in [-0.3, -0.25) is 4.90 Å². The van der Waals surface area contributed by atoms with E-state index in [2.05, 4.69) is 49.9 Å². The zero-order valence-corrected chi connectivity index (χ0v) is 11.0. The van der Waals surface area contributed by atoms with E-state index in [0.29, 0.717) is 0 Å². The van der Waals surface area contributed by atoms with Crippen LogP contribution in [0.1, 0.15) is 44.7 Å². The Balaban J connectivity index is 2.67. The molecular formula is C15H25N. The second-order valence-corrected chi connectivity index (χ2v) is 4.40. The maximum absolute atomic E-state index is 2.56. The first-order valence-corrected chi connectivity index (χ1v) is 6.60. The van der Waals surface area contributed by atoms with Crippen molar-refractivity contribution in [2.45, 2.75) is 46.6 Å². The Kier molecular flexibility index (Phi) is 6.17. The molecule has 1 nitrogen and oxygen atoms in total. The van der Waals surface area contributed by atoms with Crippen molar-refractivity contribution in [2.75, 3.05) is 13.1 Å². The molecule has 0 aliphatic carbocycles. The summed E-state index contributed by atoms with van der Waals surface area (Å²) in [7, 11) is 0. The van der Waals surface area contributed by atoms with Gasteiger partial charge in [0.2, 0.25) is 0 Å². The summed E-state index contributed by atoms with van der Waals surface area (Å²) in [5.41, 5.74) is 3.01. The van der Waals surface area contributed by atoms with Gasteiger partial charge in [-0.1, -0.05) is 45.0 Å².